The number of fused-ring (bicyclic) bond motifs is 1. The Balaban J connectivity index is 1.42. The lowest BCUT2D eigenvalue weighted by Gasteiger charge is -2.36. The molecule has 0 amide bonds. The number of alkyl halides is 1. The van der Waals surface area contributed by atoms with Crippen LogP contribution in [0.2, 0.25) is 5.02 Å². The first-order valence-corrected chi connectivity index (χ1v) is 17.7. The highest BCUT2D eigenvalue weighted by Gasteiger charge is 2.39. The summed E-state index contributed by atoms with van der Waals surface area (Å²) in [6.45, 7) is 6.09. The maximum Gasteiger partial charge on any atom is 0.173 e. The molecule has 1 aromatic heterocycles. The topological polar surface area (TPSA) is 45.5 Å². The van der Waals surface area contributed by atoms with Crippen LogP contribution in [-0.2, 0) is 27.1 Å². The highest BCUT2D eigenvalue weighted by molar-refractivity contribution is 14.1. The number of halogens is 5. The van der Waals surface area contributed by atoms with Crippen LogP contribution in [0.4, 0.5) is 13.2 Å². The van der Waals surface area contributed by atoms with Crippen LogP contribution in [0, 0.1) is 24.4 Å². The lowest BCUT2D eigenvalue weighted by Crippen LogP contribution is -2.31. The third-order valence-corrected chi connectivity index (χ3v) is 9.82. The Kier molecular flexibility index (Phi) is 11.8. The normalized spacial score (nSPS) is 16.2. The summed E-state index contributed by atoms with van der Waals surface area (Å²) in [4.78, 5) is 5.01. The van der Waals surface area contributed by atoms with Crippen molar-refractivity contribution in [3.63, 3.8) is 0 Å². The molecule has 3 aromatic carbocycles. The molecule has 5 rings (SSSR count). The van der Waals surface area contributed by atoms with Gasteiger partial charge < -0.3 is 14.2 Å². The van der Waals surface area contributed by atoms with Gasteiger partial charge >= 0.3 is 0 Å². The molecule has 0 saturated heterocycles. The summed E-state index contributed by atoms with van der Waals surface area (Å²) in [5, 5.41) is 1.27. The van der Waals surface area contributed by atoms with E-state index in [9.17, 15) is 4.39 Å². The summed E-state index contributed by atoms with van der Waals surface area (Å²) in [6, 6.07) is 14.8. The summed E-state index contributed by atoms with van der Waals surface area (Å²) < 4.78 is 63.9. The van der Waals surface area contributed by atoms with E-state index in [1.807, 2.05) is 23.6 Å². The number of aryl methyl sites for hydroxylation is 2. The van der Waals surface area contributed by atoms with Gasteiger partial charge in [0.2, 0.25) is 0 Å². The zero-order valence-electron chi connectivity index (χ0n) is 25.2. The molecule has 5 nitrogen and oxygen atoms in total. The van der Waals surface area contributed by atoms with E-state index >= 15 is 8.78 Å². The maximum atomic E-state index is 15.5. The number of ether oxygens (including phenoxy) is 3. The summed E-state index contributed by atoms with van der Waals surface area (Å²) in [5.74, 6) is -1.83. The van der Waals surface area contributed by atoms with E-state index in [0.717, 1.165) is 51.9 Å². The van der Waals surface area contributed by atoms with E-state index in [1.54, 1.807) is 12.1 Å². The smallest absolute Gasteiger partial charge is 0.173 e. The Labute approximate surface area is 285 Å². The predicted octanol–water partition coefficient (Wildman–Crippen LogP) is 9.03. The fraction of sp³-hybridized carbons (Fsp3) is 0.382. The standard InChI is InChI=1S/C34H35ClF3IN2O3S/c1-22-20-23(5-10-27(22)35)34(2)13-3-4-29-32(34)41(25-8-6-24(36)7-9-25)33(40-29)45-21-26-28(37)11-12-30(31(26)38)44-19-18-43-17-16-42-15-14-39/h5-12,20H,3-4,13-19,21H2,1-2H3. The molecular weight excluding hydrogens is 736 g/mol. The van der Waals surface area contributed by atoms with Gasteiger partial charge in [-0.15, -0.1) is 0 Å². The third-order valence-electron chi connectivity index (χ3n) is 7.99. The molecule has 0 N–H and O–H groups in total. The molecule has 0 aliphatic heterocycles. The van der Waals surface area contributed by atoms with Gasteiger partial charge in [-0.05, 0) is 86.7 Å². The monoisotopic (exact) mass is 770 g/mol. The zero-order chi connectivity index (χ0) is 32.0. The molecule has 0 saturated carbocycles. The molecule has 45 heavy (non-hydrogen) atoms. The number of nitrogens with zero attached hydrogens (tertiary/aromatic N) is 2. The van der Waals surface area contributed by atoms with Crippen molar-refractivity contribution in [1.82, 2.24) is 9.55 Å². The average molecular weight is 771 g/mol. The van der Waals surface area contributed by atoms with Crippen molar-refractivity contribution >= 4 is 46.0 Å². The molecule has 1 atom stereocenters. The van der Waals surface area contributed by atoms with Gasteiger partial charge in [-0.25, -0.2) is 18.2 Å². The highest BCUT2D eigenvalue weighted by atomic mass is 127. The molecule has 0 fully saturated rings. The summed E-state index contributed by atoms with van der Waals surface area (Å²) >= 11 is 9.84. The number of hydrogen-bond acceptors (Lipinski definition) is 5. The molecule has 0 radical (unpaired) electrons. The Morgan fingerprint density at radius 3 is 2.44 bits per heavy atom. The van der Waals surface area contributed by atoms with Crippen molar-refractivity contribution in [3.05, 3.63) is 105 Å². The van der Waals surface area contributed by atoms with Crippen LogP contribution < -0.4 is 4.74 Å². The van der Waals surface area contributed by atoms with Gasteiger partial charge in [-0.1, -0.05) is 58.1 Å². The number of benzene rings is 3. The SMILES string of the molecule is Cc1cc(C2(C)CCCc3nc(SCc4c(F)ccc(OCCOCCOCCI)c4F)n(-c4ccc(F)cc4)c32)ccc1Cl. The second-order valence-electron chi connectivity index (χ2n) is 11.0. The van der Waals surface area contributed by atoms with Crippen LogP contribution in [0.15, 0.2) is 59.8 Å². The van der Waals surface area contributed by atoms with E-state index in [-0.39, 0.29) is 36.1 Å². The van der Waals surface area contributed by atoms with E-state index in [4.69, 9.17) is 30.8 Å². The molecule has 11 heteroatoms. The van der Waals surface area contributed by atoms with Crippen LogP contribution in [0.3, 0.4) is 0 Å². The fourth-order valence-electron chi connectivity index (χ4n) is 5.65. The van der Waals surface area contributed by atoms with Crippen molar-refractivity contribution in [2.75, 3.05) is 37.5 Å². The maximum absolute atomic E-state index is 15.5. The van der Waals surface area contributed by atoms with Gasteiger partial charge in [0.05, 0.1) is 37.8 Å². The van der Waals surface area contributed by atoms with Gasteiger partial charge in [0.25, 0.3) is 0 Å². The van der Waals surface area contributed by atoms with Gasteiger partial charge in [0.15, 0.2) is 16.7 Å². The second kappa shape index (κ2) is 15.6. The molecular formula is C34H35ClF3IN2O3S. The molecule has 1 aliphatic carbocycles. The number of imidazole rings is 1. The Morgan fingerprint density at radius 2 is 1.71 bits per heavy atom. The van der Waals surface area contributed by atoms with E-state index in [1.165, 1.54) is 36.0 Å². The van der Waals surface area contributed by atoms with Gasteiger partial charge in [-0.3, -0.25) is 4.57 Å². The highest BCUT2D eigenvalue weighted by Crippen LogP contribution is 2.46. The van der Waals surface area contributed by atoms with Crippen molar-refractivity contribution in [2.24, 2.45) is 0 Å². The minimum Gasteiger partial charge on any atom is -0.488 e. The van der Waals surface area contributed by atoms with Gasteiger partial charge in [-0.2, -0.15) is 0 Å². The van der Waals surface area contributed by atoms with Gasteiger partial charge in [0, 0.05) is 31.9 Å². The number of hydrogen-bond donors (Lipinski definition) is 0. The second-order valence-corrected chi connectivity index (χ2v) is 13.5. The van der Waals surface area contributed by atoms with Crippen LogP contribution in [0.25, 0.3) is 5.69 Å². The van der Waals surface area contributed by atoms with E-state index in [0.29, 0.717) is 30.0 Å². The molecule has 1 aliphatic rings. The van der Waals surface area contributed by atoms with Crippen molar-refractivity contribution < 1.29 is 27.4 Å². The predicted molar refractivity (Wildman–Crippen MR) is 181 cm³/mol. The van der Waals surface area contributed by atoms with Gasteiger partial charge in [0.1, 0.15) is 18.2 Å². The molecule has 1 unspecified atom stereocenters. The Bertz CT molecular complexity index is 1620. The molecule has 0 bridgehead atoms. The first kappa shape index (κ1) is 34.1. The first-order chi connectivity index (χ1) is 21.7. The van der Waals surface area contributed by atoms with Crippen LogP contribution in [0.1, 0.15) is 47.8 Å². The van der Waals surface area contributed by atoms with Crippen molar-refractivity contribution in [2.45, 2.75) is 49.4 Å². The zero-order valence-corrected chi connectivity index (χ0v) is 28.9. The number of aromatic nitrogens is 2. The van der Waals surface area contributed by atoms with Crippen molar-refractivity contribution in [1.29, 1.82) is 0 Å². The number of rotatable bonds is 14. The largest absolute Gasteiger partial charge is 0.488 e. The lowest BCUT2D eigenvalue weighted by molar-refractivity contribution is 0.0412. The Hall–Kier alpha value is -2.25. The van der Waals surface area contributed by atoms with E-state index in [2.05, 4.69) is 35.6 Å². The fourth-order valence-corrected chi connectivity index (χ4v) is 7.12. The quantitative estimate of drug-likeness (QED) is 0.0555. The average Bonchev–Trinajstić information content (AvgIpc) is 3.41. The molecule has 0 spiro atoms. The molecule has 1 heterocycles. The molecule has 240 valence electrons. The minimum absolute atomic E-state index is 0.0205. The minimum atomic E-state index is -0.751. The van der Waals surface area contributed by atoms with Crippen LogP contribution in [-0.4, -0.2) is 47.0 Å². The summed E-state index contributed by atoms with van der Waals surface area (Å²) in [6.07, 6.45) is 2.56. The lowest BCUT2D eigenvalue weighted by atomic mass is 9.71. The van der Waals surface area contributed by atoms with Crippen molar-refractivity contribution in [3.8, 4) is 11.4 Å². The van der Waals surface area contributed by atoms with Crippen LogP contribution in [0.5, 0.6) is 5.75 Å². The first-order valence-electron chi connectivity index (χ1n) is 14.8. The number of thioether (sulfide) groups is 1. The van der Waals surface area contributed by atoms with Crippen LogP contribution >= 0.6 is 46.0 Å². The Morgan fingerprint density at radius 1 is 0.978 bits per heavy atom. The summed E-state index contributed by atoms with van der Waals surface area (Å²) in [7, 11) is 0. The van der Waals surface area contributed by atoms with E-state index < -0.39 is 17.0 Å². The third kappa shape index (κ3) is 7.84. The molecule has 4 aromatic rings. The summed E-state index contributed by atoms with van der Waals surface area (Å²) in [5.41, 5.74) is 4.19.